The highest BCUT2D eigenvalue weighted by Gasteiger charge is 2.36. The molecule has 0 bridgehead atoms. The van der Waals surface area contributed by atoms with E-state index in [9.17, 15) is 0 Å². The maximum atomic E-state index is 6.05. The third kappa shape index (κ3) is 3.18. The molecular formula is C19H25N3O. The Morgan fingerprint density at radius 1 is 1.35 bits per heavy atom. The highest BCUT2D eigenvalue weighted by atomic mass is 16.3. The van der Waals surface area contributed by atoms with Crippen LogP contribution in [0.1, 0.15) is 61.2 Å². The smallest absolute Gasteiger partial charge is 0.128 e. The molecule has 0 radical (unpaired) electrons. The molecule has 1 aliphatic heterocycles. The van der Waals surface area contributed by atoms with E-state index in [1.54, 1.807) is 0 Å². The molecule has 23 heavy (non-hydrogen) atoms. The molecular weight excluding hydrogens is 286 g/mol. The van der Waals surface area contributed by atoms with Crippen molar-refractivity contribution in [2.24, 2.45) is 5.92 Å². The van der Waals surface area contributed by atoms with E-state index in [4.69, 9.17) is 9.40 Å². The number of aryl methyl sites for hydroxylation is 1. The lowest BCUT2D eigenvalue weighted by Gasteiger charge is -2.27. The Labute approximate surface area is 137 Å². The van der Waals surface area contributed by atoms with Crippen molar-refractivity contribution in [3.8, 4) is 0 Å². The van der Waals surface area contributed by atoms with Gasteiger partial charge in [0, 0.05) is 49.3 Å². The van der Waals surface area contributed by atoms with Gasteiger partial charge in [-0.25, -0.2) is 9.97 Å². The number of nitrogens with zero attached hydrogens (tertiary/aromatic N) is 3. The Morgan fingerprint density at radius 2 is 2.22 bits per heavy atom. The van der Waals surface area contributed by atoms with Gasteiger partial charge in [-0.15, -0.1) is 0 Å². The van der Waals surface area contributed by atoms with Gasteiger partial charge in [0.2, 0.25) is 0 Å². The van der Waals surface area contributed by atoms with Gasteiger partial charge in [-0.2, -0.15) is 0 Å². The zero-order chi connectivity index (χ0) is 15.8. The number of fused-ring (bicyclic) bond motifs is 1. The molecule has 2 aliphatic rings. The van der Waals surface area contributed by atoms with Crippen LogP contribution in [0.5, 0.6) is 0 Å². The fourth-order valence-corrected chi connectivity index (χ4v) is 3.51. The quantitative estimate of drug-likeness (QED) is 0.844. The molecule has 4 rings (SSSR count). The minimum Gasteiger partial charge on any atom is -0.464 e. The van der Waals surface area contributed by atoms with Gasteiger partial charge in [-0.3, -0.25) is 4.90 Å². The SMILES string of the molecule is CCCc1ncc2c(n1)CCN(Cc1ccc(C3CC3C)o1)C2. The third-order valence-electron chi connectivity index (χ3n) is 5.07. The molecule has 4 heteroatoms. The van der Waals surface area contributed by atoms with Crippen LogP contribution in [0.25, 0.3) is 0 Å². The van der Waals surface area contributed by atoms with Crippen molar-refractivity contribution in [1.82, 2.24) is 14.9 Å². The molecule has 122 valence electrons. The number of aromatic nitrogens is 2. The predicted octanol–water partition coefficient (Wildman–Crippen LogP) is 3.70. The van der Waals surface area contributed by atoms with Crippen LogP contribution in [-0.4, -0.2) is 21.4 Å². The summed E-state index contributed by atoms with van der Waals surface area (Å²) in [5, 5.41) is 0. The first-order valence-electron chi connectivity index (χ1n) is 8.87. The van der Waals surface area contributed by atoms with Gasteiger partial charge in [0.25, 0.3) is 0 Å². The van der Waals surface area contributed by atoms with E-state index in [2.05, 4.69) is 35.9 Å². The fraction of sp³-hybridized carbons (Fsp3) is 0.579. The van der Waals surface area contributed by atoms with Gasteiger partial charge in [0.15, 0.2) is 0 Å². The lowest BCUT2D eigenvalue weighted by Crippen LogP contribution is -2.31. The van der Waals surface area contributed by atoms with Crippen molar-refractivity contribution in [3.05, 3.63) is 46.9 Å². The van der Waals surface area contributed by atoms with Gasteiger partial charge < -0.3 is 4.42 Å². The topological polar surface area (TPSA) is 42.2 Å². The highest BCUT2D eigenvalue weighted by molar-refractivity contribution is 5.22. The van der Waals surface area contributed by atoms with Crippen LogP contribution in [0.3, 0.4) is 0 Å². The largest absolute Gasteiger partial charge is 0.464 e. The third-order valence-corrected chi connectivity index (χ3v) is 5.07. The monoisotopic (exact) mass is 311 g/mol. The Morgan fingerprint density at radius 3 is 3.00 bits per heavy atom. The van der Waals surface area contributed by atoms with Crippen LogP contribution >= 0.6 is 0 Å². The second-order valence-corrected chi connectivity index (χ2v) is 7.09. The molecule has 2 unspecified atom stereocenters. The van der Waals surface area contributed by atoms with E-state index in [-0.39, 0.29) is 0 Å². The zero-order valence-electron chi connectivity index (χ0n) is 14.1. The summed E-state index contributed by atoms with van der Waals surface area (Å²) in [7, 11) is 0. The molecule has 0 N–H and O–H groups in total. The van der Waals surface area contributed by atoms with Gasteiger partial charge >= 0.3 is 0 Å². The lowest BCUT2D eigenvalue weighted by atomic mass is 10.1. The predicted molar refractivity (Wildman–Crippen MR) is 89.1 cm³/mol. The molecule has 0 saturated heterocycles. The highest BCUT2D eigenvalue weighted by Crippen LogP contribution is 2.47. The van der Waals surface area contributed by atoms with Crippen LogP contribution in [-0.2, 0) is 25.9 Å². The maximum absolute atomic E-state index is 6.05. The molecule has 1 saturated carbocycles. The average Bonchev–Trinajstić information content (AvgIpc) is 3.10. The second-order valence-electron chi connectivity index (χ2n) is 7.09. The van der Waals surface area contributed by atoms with Crippen molar-refractivity contribution in [2.45, 2.75) is 58.5 Å². The zero-order valence-corrected chi connectivity index (χ0v) is 14.1. The first-order chi connectivity index (χ1) is 11.2. The van der Waals surface area contributed by atoms with Crippen molar-refractivity contribution in [1.29, 1.82) is 0 Å². The number of furan rings is 1. The fourth-order valence-electron chi connectivity index (χ4n) is 3.51. The van der Waals surface area contributed by atoms with E-state index in [0.717, 1.165) is 56.4 Å². The van der Waals surface area contributed by atoms with Gasteiger partial charge in [-0.05, 0) is 30.9 Å². The Hall–Kier alpha value is -1.68. The molecule has 0 spiro atoms. The summed E-state index contributed by atoms with van der Waals surface area (Å²) in [6.45, 7) is 7.33. The van der Waals surface area contributed by atoms with Crippen molar-refractivity contribution >= 4 is 0 Å². The number of rotatable bonds is 5. The number of hydrogen-bond acceptors (Lipinski definition) is 4. The van der Waals surface area contributed by atoms with Crippen LogP contribution in [0.15, 0.2) is 22.7 Å². The van der Waals surface area contributed by atoms with Crippen LogP contribution in [0.4, 0.5) is 0 Å². The van der Waals surface area contributed by atoms with Gasteiger partial charge in [-0.1, -0.05) is 13.8 Å². The summed E-state index contributed by atoms with van der Waals surface area (Å²) in [4.78, 5) is 11.7. The van der Waals surface area contributed by atoms with Crippen molar-refractivity contribution in [3.63, 3.8) is 0 Å². The minimum atomic E-state index is 0.663. The van der Waals surface area contributed by atoms with E-state index in [1.807, 2.05) is 6.20 Å². The minimum absolute atomic E-state index is 0.663. The Bertz CT molecular complexity index is 694. The first-order valence-corrected chi connectivity index (χ1v) is 8.87. The van der Waals surface area contributed by atoms with Gasteiger partial charge in [0.05, 0.1) is 6.54 Å². The standard InChI is InChI=1S/C19H25N3O/c1-3-4-19-20-10-14-11-22(8-7-17(14)21-19)12-15-5-6-18(23-15)16-9-13(16)2/h5-6,10,13,16H,3-4,7-9,11-12H2,1-2H3. The molecule has 0 aromatic carbocycles. The van der Waals surface area contributed by atoms with Crippen LogP contribution < -0.4 is 0 Å². The summed E-state index contributed by atoms with van der Waals surface area (Å²) < 4.78 is 6.05. The summed E-state index contributed by atoms with van der Waals surface area (Å²) in [6, 6.07) is 4.32. The van der Waals surface area contributed by atoms with Crippen molar-refractivity contribution < 1.29 is 4.42 Å². The molecule has 1 aliphatic carbocycles. The molecule has 2 aromatic rings. The van der Waals surface area contributed by atoms with Gasteiger partial charge in [0.1, 0.15) is 17.3 Å². The first kappa shape index (κ1) is 14.9. The van der Waals surface area contributed by atoms with E-state index in [1.165, 1.54) is 23.4 Å². The normalized spacial score (nSPS) is 23.7. The second kappa shape index (κ2) is 6.08. The molecule has 0 amide bonds. The lowest BCUT2D eigenvalue weighted by molar-refractivity contribution is 0.221. The van der Waals surface area contributed by atoms with Crippen molar-refractivity contribution in [2.75, 3.05) is 6.54 Å². The van der Waals surface area contributed by atoms with E-state index >= 15 is 0 Å². The molecule has 4 nitrogen and oxygen atoms in total. The molecule has 3 heterocycles. The molecule has 1 fully saturated rings. The summed E-state index contributed by atoms with van der Waals surface area (Å²) in [5.41, 5.74) is 2.52. The van der Waals surface area contributed by atoms with Crippen LogP contribution in [0.2, 0.25) is 0 Å². The maximum Gasteiger partial charge on any atom is 0.128 e. The summed E-state index contributed by atoms with van der Waals surface area (Å²) >= 11 is 0. The average molecular weight is 311 g/mol. The van der Waals surface area contributed by atoms with E-state index < -0.39 is 0 Å². The number of hydrogen-bond donors (Lipinski definition) is 0. The Kier molecular flexibility index (Phi) is 3.93. The molecule has 2 aromatic heterocycles. The molecule has 2 atom stereocenters. The Balaban J connectivity index is 1.41. The van der Waals surface area contributed by atoms with Crippen LogP contribution in [0, 0.1) is 5.92 Å². The summed E-state index contributed by atoms with van der Waals surface area (Å²) in [6.07, 6.45) is 6.40. The van der Waals surface area contributed by atoms with E-state index in [0.29, 0.717) is 5.92 Å². The summed E-state index contributed by atoms with van der Waals surface area (Å²) in [5.74, 6) is 4.72.